The molecular weight excluding hydrogens is 366 g/mol. The monoisotopic (exact) mass is 389 g/mol. The van der Waals surface area contributed by atoms with Crippen molar-refractivity contribution in [2.45, 2.75) is 18.7 Å². The molecule has 0 radical (unpaired) electrons. The van der Waals surface area contributed by atoms with Crippen molar-refractivity contribution in [3.63, 3.8) is 0 Å². The number of sulfonamides is 1. The molecule has 1 heterocycles. The zero-order valence-electron chi connectivity index (χ0n) is 16.1. The number of aryl methyl sites for hydroxylation is 1. The van der Waals surface area contributed by atoms with Gasteiger partial charge in [0.25, 0.3) is 10.0 Å². The number of hydrogen-bond acceptors (Lipinski definition) is 2. The third-order valence-corrected chi connectivity index (χ3v) is 7.07. The average molecular weight is 390 g/mol. The summed E-state index contributed by atoms with van der Waals surface area (Å²) in [5.41, 5.74) is 3.61. The van der Waals surface area contributed by atoms with Gasteiger partial charge < -0.3 is 0 Å². The second-order valence-corrected chi connectivity index (χ2v) is 9.28. The number of nitrogens with zero attached hydrogens (tertiary/aromatic N) is 1. The standard InChI is InChI=1S/C24H23NO2S/c1-17(2)22-15-24(21-11-10-19-6-4-5-7-20(19)14-21)25(16-22)28(26,27)23-12-8-18(3)9-13-23/h4-15,22H,1,16H2,2-3H3/t22-/m0/s1. The smallest absolute Gasteiger partial charge is 0.264 e. The van der Waals surface area contributed by atoms with Crippen molar-refractivity contribution < 1.29 is 8.42 Å². The van der Waals surface area contributed by atoms with Crippen molar-refractivity contribution in [3.8, 4) is 0 Å². The second kappa shape index (κ2) is 6.95. The molecule has 142 valence electrons. The number of hydrogen-bond donors (Lipinski definition) is 0. The number of benzene rings is 3. The van der Waals surface area contributed by atoms with Crippen LogP contribution >= 0.6 is 0 Å². The zero-order valence-corrected chi connectivity index (χ0v) is 16.9. The van der Waals surface area contributed by atoms with E-state index in [4.69, 9.17) is 0 Å². The van der Waals surface area contributed by atoms with Gasteiger partial charge in [-0.1, -0.05) is 72.3 Å². The Hall–Kier alpha value is -2.85. The summed E-state index contributed by atoms with van der Waals surface area (Å²) < 4.78 is 28.4. The van der Waals surface area contributed by atoms with E-state index in [0.29, 0.717) is 11.4 Å². The molecular formula is C24H23NO2S. The van der Waals surface area contributed by atoms with E-state index < -0.39 is 10.0 Å². The molecule has 0 saturated carbocycles. The minimum atomic E-state index is -3.65. The van der Waals surface area contributed by atoms with Crippen LogP contribution in [0.2, 0.25) is 0 Å². The van der Waals surface area contributed by atoms with Crippen LogP contribution in [0.25, 0.3) is 16.5 Å². The minimum Gasteiger partial charge on any atom is -0.265 e. The molecule has 0 aliphatic carbocycles. The third-order valence-electron chi connectivity index (χ3n) is 5.28. The van der Waals surface area contributed by atoms with Crippen LogP contribution in [0.1, 0.15) is 18.1 Å². The molecule has 4 heteroatoms. The van der Waals surface area contributed by atoms with Crippen LogP contribution in [-0.2, 0) is 10.0 Å². The van der Waals surface area contributed by atoms with E-state index in [-0.39, 0.29) is 5.92 Å². The van der Waals surface area contributed by atoms with Gasteiger partial charge in [0.1, 0.15) is 0 Å². The van der Waals surface area contributed by atoms with Gasteiger partial charge in [0.05, 0.1) is 10.6 Å². The molecule has 0 spiro atoms. The van der Waals surface area contributed by atoms with E-state index >= 15 is 0 Å². The number of fused-ring (bicyclic) bond motifs is 1. The molecule has 1 aliphatic rings. The van der Waals surface area contributed by atoms with E-state index in [1.807, 2.05) is 62.4 Å². The van der Waals surface area contributed by atoms with E-state index in [2.05, 4.69) is 18.7 Å². The Kier molecular flexibility index (Phi) is 4.60. The first-order chi connectivity index (χ1) is 13.4. The average Bonchev–Trinajstić information content (AvgIpc) is 3.15. The highest BCUT2D eigenvalue weighted by atomic mass is 32.2. The second-order valence-electron chi connectivity index (χ2n) is 7.42. The van der Waals surface area contributed by atoms with Crippen LogP contribution in [0.4, 0.5) is 0 Å². The maximum atomic E-state index is 13.4. The molecule has 3 nitrogen and oxygen atoms in total. The lowest BCUT2D eigenvalue weighted by Gasteiger charge is -2.24. The Morgan fingerprint density at radius 2 is 1.68 bits per heavy atom. The van der Waals surface area contributed by atoms with E-state index in [1.165, 1.54) is 4.31 Å². The summed E-state index contributed by atoms with van der Waals surface area (Å²) in [6.45, 7) is 8.33. The van der Waals surface area contributed by atoms with E-state index in [9.17, 15) is 8.42 Å². The van der Waals surface area contributed by atoms with E-state index in [1.54, 1.807) is 12.1 Å². The van der Waals surface area contributed by atoms with Gasteiger partial charge in [0, 0.05) is 12.5 Å². The predicted octanol–water partition coefficient (Wildman–Crippen LogP) is 5.39. The van der Waals surface area contributed by atoms with Crippen LogP contribution in [0.15, 0.2) is 89.9 Å². The van der Waals surface area contributed by atoms with Gasteiger partial charge in [0.2, 0.25) is 0 Å². The first-order valence-corrected chi connectivity index (χ1v) is 10.8. The minimum absolute atomic E-state index is 0.00157. The molecule has 0 unspecified atom stereocenters. The lowest BCUT2D eigenvalue weighted by molar-refractivity contribution is 0.506. The highest BCUT2D eigenvalue weighted by Gasteiger charge is 2.34. The highest BCUT2D eigenvalue weighted by Crippen LogP contribution is 2.37. The van der Waals surface area contributed by atoms with Crippen LogP contribution in [-0.4, -0.2) is 19.3 Å². The molecule has 0 saturated heterocycles. The maximum absolute atomic E-state index is 13.4. The maximum Gasteiger partial charge on any atom is 0.264 e. The van der Waals surface area contributed by atoms with Crippen LogP contribution in [0, 0.1) is 12.8 Å². The van der Waals surface area contributed by atoms with Gasteiger partial charge >= 0.3 is 0 Å². The fourth-order valence-electron chi connectivity index (χ4n) is 3.56. The van der Waals surface area contributed by atoms with Crippen molar-refractivity contribution in [2.75, 3.05) is 6.54 Å². The molecule has 0 fully saturated rings. The van der Waals surface area contributed by atoms with Crippen molar-refractivity contribution in [1.29, 1.82) is 0 Å². The zero-order chi connectivity index (χ0) is 19.9. The Balaban J connectivity index is 1.82. The van der Waals surface area contributed by atoms with Crippen LogP contribution in [0.5, 0.6) is 0 Å². The third kappa shape index (κ3) is 3.25. The summed E-state index contributed by atoms with van der Waals surface area (Å²) in [5.74, 6) is 0.00157. The van der Waals surface area contributed by atoms with Gasteiger partial charge in [-0.3, -0.25) is 4.31 Å². The molecule has 1 aliphatic heterocycles. The van der Waals surface area contributed by atoms with Gasteiger partial charge in [-0.15, -0.1) is 0 Å². The topological polar surface area (TPSA) is 37.4 Å². The lowest BCUT2D eigenvalue weighted by atomic mass is 10.0. The molecule has 4 rings (SSSR count). The predicted molar refractivity (Wildman–Crippen MR) is 115 cm³/mol. The van der Waals surface area contributed by atoms with Crippen LogP contribution < -0.4 is 0 Å². The summed E-state index contributed by atoms with van der Waals surface area (Å²) in [4.78, 5) is 0.312. The van der Waals surface area contributed by atoms with Crippen molar-refractivity contribution >= 4 is 26.5 Å². The quantitative estimate of drug-likeness (QED) is 0.561. The SMILES string of the molecule is C=C(C)[C@H]1C=C(c2ccc3ccccc3c2)N(S(=O)(=O)c2ccc(C)cc2)C1. The molecule has 0 bridgehead atoms. The van der Waals surface area contributed by atoms with Crippen molar-refractivity contribution in [1.82, 2.24) is 4.31 Å². The normalized spacial score (nSPS) is 17.0. The fraction of sp³-hybridized carbons (Fsp3) is 0.167. The van der Waals surface area contributed by atoms with Crippen LogP contribution in [0.3, 0.4) is 0 Å². The molecule has 1 atom stereocenters. The molecule has 0 N–H and O–H groups in total. The van der Waals surface area contributed by atoms with E-state index in [0.717, 1.165) is 33.2 Å². The summed E-state index contributed by atoms with van der Waals surface area (Å²) >= 11 is 0. The van der Waals surface area contributed by atoms with Gasteiger partial charge in [-0.05, 0) is 48.4 Å². The molecule has 3 aromatic carbocycles. The summed E-state index contributed by atoms with van der Waals surface area (Å²) in [5, 5.41) is 2.22. The Morgan fingerprint density at radius 1 is 1.00 bits per heavy atom. The van der Waals surface area contributed by atoms with Crippen molar-refractivity contribution in [3.05, 3.63) is 96.1 Å². The Labute approximate surface area is 166 Å². The van der Waals surface area contributed by atoms with Gasteiger partial charge in [-0.25, -0.2) is 8.42 Å². The summed E-state index contributed by atoms with van der Waals surface area (Å²) in [6.07, 6.45) is 2.03. The van der Waals surface area contributed by atoms with Gasteiger partial charge in [0.15, 0.2) is 0 Å². The first-order valence-electron chi connectivity index (χ1n) is 9.32. The molecule has 0 amide bonds. The lowest BCUT2D eigenvalue weighted by Crippen LogP contribution is -2.29. The number of rotatable bonds is 4. The van der Waals surface area contributed by atoms with Gasteiger partial charge in [-0.2, -0.15) is 0 Å². The van der Waals surface area contributed by atoms with Crippen molar-refractivity contribution in [2.24, 2.45) is 5.92 Å². The molecule has 3 aromatic rings. The Morgan fingerprint density at radius 3 is 2.36 bits per heavy atom. The molecule has 28 heavy (non-hydrogen) atoms. The summed E-state index contributed by atoms with van der Waals surface area (Å²) in [6, 6.07) is 21.2. The molecule has 0 aromatic heterocycles. The highest BCUT2D eigenvalue weighted by molar-refractivity contribution is 7.89. The summed E-state index contributed by atoms with van der Waals surface area (Å²) in [7, 11) is -3.65. The first kappa shape index (κ1) is 18.5. The largest absolute Gasteiger partial charge is 0.265 e. The fourth-order valence-corrected chi connectivity index (χ4v) is 5.07. The Bertz CT molecular complexity index is 1190.